The van der Waals surface area contributed by atoms with Gasteiger partial charge in [0.25, 0.3) is 0 Å². The first-order valence-corrected chi connectivity index (χ1v) is 8.84. The van der Waals surface area contributed by atoms with Gasteiger partial charge in [-0.05, 0) is 49.2 Å². The van der Waals surface area contributed by atoms with E-state index < -0.39 is 0 Å². The molecule has 3 unspecified atom stereocenters. The molecule has 3 aromatic rings. The van der Waals surface area contributed by atoms with Crippen molar-refractivity contribution in [3.8, 4) is 0 Å². The van der Waals surface area contributed by atoms with E-state index in [2.05, 4.69) is 47.7 Å². The Bertz CT molecular complexity index is 933. The number of aryl methyl sites for hydroxylation is 1. The second kappa shape index (κ2) is 5.27. The summed E-state index contributed by atoms with van der Waals surface area (Å²) in [5.41, 5.74) is 6.13. The van der Waals surface area contributed by atoms with E-state index in [-0.39, 0.29) is 12.1 Å². The van der Waals surface area contributed by atoms with Crippen LogP contribution >= 0.6 is 11.6 Å². The van der Waals surface area contributed by atoms with Gasteiger partial charge in [0.1, 0.15) is 0 Å². The predicted molar refractivity (Wildman–Crippen MR) is 97.7 cm³/mol. The van der Waals surface area contributed by atoms with Crippen LogP contribution in [0.4, 0.5) is 5.69 Å². The molecule has 0 saturated carbocycles. The Morgan fingerprint density at radius 2 is 2.04 bits per heavy atom. The van der Waals surface area contributed by atoms with E-state index in [1.165, 1.54) is 27.6 Å². The highest BCUT2D eigenvalue weighted by Gasteiger charge is 2.42. The Morgan fingerprint density at radius 1 is 1.12 bits per heavy atom. The van der Waals surface area contributed by atoms with Gasteiger partial charge in [0.05, 0.1) is 12.1 Å². The van der Waals surface area contributed by atoms with Crippen molar-refractivity contribution in [3.63, 3.8) is 0 Å². The number of nitrogens with one attached hydrogen (secondary N) is 2. The van der Waals surface area contributed by atoms with Gasteiger partial charge in [-0.25, -0.2) is 0 Å². The van der Waals surface area contributed by atoms with Crippen LogP contribution in [0.5, 0.6) is 0 Å². The van der Waals surface area contributed by atoms with Crippen LogP contribution in [0.15, 0.2) is 42.6 Å². The van der Waals surface area contributed by atoms with Crippen LogP contribution in [0.25, 0.3) is 10.9 Å². The topological polar surface area (TPSA) is 37.0 Å². The van der Waals surface area contributed by atoms with Crippen molar-refractivity contribution >= 4 is 28.2 Å². The Balaban J connectivity index is 1.65. The van der Waals surface area contributed by atoms with Crippen LogP contribution < -0.4 is 5.32 Å². The van der Waals surface area contributed by atoms with Crippen LogP contribution in [-0.4, -0.2) is 11.6 Å². The zero-order valence-electron chi connectivity index (χ0n) is 13.5. The molecule has 0 amide bonds. The van der Waals surface area contributed by atoms with E-state index >= 15 is 0 Å². The first kappa shape index (κ1) is 14.4. The molecule has 0 radical (unpaired) electrons. The molecule has 0 bridgehead atoms. The molecular formula is C20H19ClN2O. The molecule has 1 fully saturated rings. The standard InChI is InChI=1S/C20H19ClN2O/c1-11-2-4-17-14(8-11)16(10-22-17)19-13-6-7-24-20(13)15-9-12(21)3-5-18(15)23-19/h2-5,8-10,13,19-20,22-23H,6-7H2,1H3. The van der Waals surface area contributed by atoms with E-state index in [9.17, 15) is 0 Å². The van der Waals surface area contributed by atoms with E-state index in [0.29, 0.717) is 5.92 Å². The third-order valence-corrected chi connectivity index (χ3v) is 5.64. The quantitative estimate of drug-likeness (QED) is 0.625. The van der Waals surface area contributed by atoms with Gasteiger partial charge < -0.3 is 15.0 Å². The molecule has 3 heterocycles. The summed E-state index contributed by atoms with van der Waals surface area (Å²) in [5, 5.41) is 5.82. The van der Waals surface area contributed by atoms with Crippen molar-refractivity contribution in [1.82, 2.24) is 4.98 Å². The molecule has 1 saturated heterocycles. The number of H-pyrrole nitrogens is 1. The summed E-state index contributed by atoms with van der Waals surface area (Å²) in [6.07, 6.45) is 3.34. The van der Waals surface area contributed by atoms with E-state index in [1.807, 2.05) is 12.1 Å². The molecule has 2 aromatic carbocycles. The average molecular weight is 339 g/mol. The maximum atomic E-state index is 6.21. The third-order valence-electron chi connectivity index (χ3n) is 5.40. The fourth-order valence-electron chi connectivity index (χ4n) is 4.26. The van der Waals surface area contributed by atoms with E-state index in [4.69, 9.17) is 16.3 Å². The van der Waals surface area contributed by atoms with Gasteiger partial charge >= 0.3 is 0 Å². The minimum atomic E-state index is 0.125. The molecule has 1 aromatic heterocycles. The largest absolute Gasteiger partial charge is 0.377 e. The fraction of sp³-hybridized carbons (Fsp3) is 0.300. The molecule has 2 aliphatic rings. The number of aromatic amines is 1. The molecule has 5 rings (SSSR count). The lowest BCUT2D eigenvalue weighted by atomic mass is 9.81. The fourth-order valence-corrected chi connectivity index (χ4v) is 4.45. The van der Waals surface area contributed by atoms with Crippen molar-refractivity contribution in [2.45, 2.75) is 25.5 Å². The minimum Gasteiger partial charge on any atom is -0.377 e. The lowest BCUT2D eigenvalue weighted by molar-refractivity contribution is 0.0830. The third kappa shape index (κ3) is 2.08. The van der Waals surface area contributed by atoms with Gasteiger partial charge in [-0.3, -0.25) is 0 Å². The lowest BCUT2D eigenvalue weighted by Gasteiger charge is -2.36. The van der Waals surface area contributed by atoms with Crippen LogP contribution in [0.2, 0.25) is 5.02 Å². The first-order chi connectivity index (χ1) is 11.7. The Hall–Kier alpha value is -1.97. The van der Waals surface area contributed by atoms with Crippen LogP contribution in [0.1, 0.15) is 35.3 Å². The van der Waals surface area contributed by atoms with Crippen molar-refractivity contribution in [2.24, 2.45) is 5.92 Å². The van der Waals surface area contributed by atoms with Gasteiger partial charge in [0.15, 0.2) is 0 Å². The van der Waals surface area contributed by atoms with Crippen molar-refractivity contribution in [1.29, 1.82) is 0 Å². The summed E-state index contributed by atoms with van der Waals surface area (Å²) in [7, 11) is 0. The molecule has 122 valence electrons. The number of aromatic nitrogens is 1. The van der Waals surface area contributed by atoms with Crippen LogP contribution in [-0.2, 0) is 4.74 Å². The normalized spacial score (nSPS) is 25.3. The zero-order chi connectivity index (χ0) is 16.3. The van der Waals surface area contributed by atoms with E-state index in [1.54, 1.807) is 0 Å². The smallest absolute Gasteiger partial charge is 0.0897 e. The molecule has 24 heavy (non-hydrogen) atoms. The van der Waals surface area contributed by atoms with E-state index in [0.717, 1.165) is 23.7 Å². The molecule has 4 heteroatoms. The second-order valence-electron chi connectivity index (χ2n) is 6.89. The average Bonchev–Trinajstić information content (AvgIpc) is 3.21. The number of benzene rings is 2. The number of hydrogen-bond donors (Lipinski definition) is 2. The summed E-state index contributed by atoms with van der Waals surface area (Å²) < 4.78 is 6.09. The SMILES string of the molecule is Cc1ccc2[nH]cc(C3Nc4ccc(Cl)cc4C4OCCC34)c2c1. The van der Waals surface area contributed by atoms with Gasteiger partial charge in [-0.1, -0.05) is 23.2 Å². The summed E-state index contributed by atoms with van der Waals surface area (Å²) in [6, 6.07) is 12.9. The molecule has 0 spiro atoms. The van der Waals surface area contributed by atoms with Gasteiger partial charge in [-0.15, -0.1) is 0 Å². The molecular weight excluding hydrogens is 320 g/mol. The highest BCUT2D eigenvalue weighted by molar-refractivity contribution is 6.30. The molecule has 0 aliphatic carbocycles. The zero-order valence-corrected chi connectivity index (χ0v) is 14.2. The Morgan fingerprint density at radius 3 is 2.96 bits per heavy atom. The second-order valence-corrected chi connectivity index (χ2v) is 7.33. The number of anilines is 1. The Kier molecular flexibility index (Phi) is 3.15. The molecule has 3 nitrogen and oxygen atoms in total. The number of ether oxygens (including phenoxy) is 1. The number of fused-ring (bicyclic) bond motifs is 4. The van der Waals surface area contributed by atoms with Crippen molar-refractivity contribution in [2.75, 3.05) is 11.9 Å². The van der Waals surface area contributed by atoms with Crippen molar-refractivity contribution < 1.29 is 4.74 Å². The predicted octanol–water partition coefficient (Wildman–Crippen LogP) is 5.37. The highest BCUT2D eigenvalue weighted by Crippen LogP contribution is 2.51. The van der Waals surface area contributed by atoms with Crippen molar-refractivity contribution in [3.05, 3.63) is 64.3 Å². The first-order valence-electron chi connectivity index (χ1n) is 8.46. The highest BCUT2D eigenvalue weighted by atomic mass is 35.5. The monoisotopic (exact) mass is 338 g/mol. The molecule has 3 atom stereocenters. The summed E-state index contributed by atoms with van der Waals surface area (Å²) >= 11 is 6.21. The molecule has 2 aliphatic heterocycles. The van der Waals surface area contributed by atoms with Gasteiger partial charge in [0, 0.05) is 45.9 Å². The number of halogens is 1. The maximum Gasteiger partial charge on any atom is 0.0897 e. The summed E-state index contributed by atoms with van der Waals surface area (Å²) in [4.78, 5) is 3.42. The summed E-state index contributed by atoms with van der Waals surface area (Å²) in [5.74, 6) is 0.426. The Labute approximate surface area is 146 Å². The summed E-state index contributed by atoms with van der Waals surface area (Å²) in [6.45, 7) is 2.95. The van der Waals surface area contributed by atoms with Gasteiger partial charge in [-0.2, -0.15) is 0 Å². The van der Waals surface area contributed by atoms with Crippen LogP contribution in [0.3, 0.4) is 0 Å². The lowest BCUT2D eigenvalue weighted by Crippen LogP contribution is -2.29. The number of rotatable bonds is 1. The van der Waals surface area contributed by atoms with Crippen LogP contribution in [0, 0.1) is 12.8 Å². The minimum absolute atomic E-state index is 0.125. The molecule has 2 N–H and O–H groups in total. The maximum absolute atomic E-state index is 6.21. The van der Waals surface area contributed by atoms with Gasteiger partial charge in [0.2, 0.25) is 0 Å². The number of hydrogen-bond acceptors (Lipinski definition) is 2.